The monoisotopic (exact) mass is 480 g/mol. The van der Waals surface area contributed by atoms with E-state index in [4.69, 9.17) is 14.6 Å². The Morgan fingerprint density at radius 2 is 1.94 bits per heavy atom. The molecular formula is C29H33FO5. The number of aliphatic hydroxyl groups is 1. The number of fused-ring (bicyclic) bond motifs is 2. The van der Waals surface area contributed by atoms with Crippen LogP contribution in [0.4, 0.5) is 4.39 Å². The van der Waals surface area contributed by atoms with Crippen LogP contribution in [-0.2, 0) is 14.9 Å². The minimum Gasteiger partial charge on any atom is -0.491 e. The van der Waals surface area contributed by atoms with Crippen LogP contribution in [0.15, 0.2) is 78.9 Å². The summed E-state index contributed by atoms with van der Waals surface area (Å²) in [6.45, 7) is 0.751. The van der Waals surface area contributed by atoms with E-state index in [1.54, 1.807) is 6.08 Å². The topological polar surface area (TPSA) is 76.0 Å². The molecule has 1 aliphatic heterocycles. The summed E-state index contributed by atoms with van der Waals surface area (Å²) < 4.78 is 25.5. The number of ether oxygens (including phenoxy) is 2. The molecule has 0 radical (unpaired) electrons. The van der Waals surface area contributed by atoms with Crippen LogP contribution in [0.5, 0.6) is 5.75 Å². The minimum absolute atomic E-state index is 0.0314. The van der Waals surface area contributed by atoms with E-state index >= 15 is 0 Å². The fourth-order valence-corrected chi connectivity index (χ4v) is 5.45. The zero-order valence-corrected chi connectivity index (χ0v) is 19.8. The highest BCUT2D eigenvalue weighted by atomic mass is 19.1. The molecule has 1 saturated heterocycles. The first-order valence-electron chi connectivity index (χ1n) is 12.3. The summed E-state index contributed by atoms with van der Waals surface area (Å²) in [7, 11) is 0. The molecule has 1 heterocycles. The maximum Gasteiger partial charge on any atom is 0.303 e. The molecule has 5 nitrogen and oxygen atoms in total. The number of carboxylic acid groups (broad SMARTS) is 1. The first kappa shape index (κ1) is 25.1. The van der Waals surface area contributed by atoms with Gasteiger partial charge < -0.3 is 19.7 Å². The van der Waals surface area contributed by atoms with Gasteiger partial charge in [-0.2, -0.15) is 0 Å². The van der Waals surface area contributed by atoms with Gasteiger partial charge in [-0.25, -0.2) is 4.39 Å². The summed E-state index contributed by atoms with van der Waals surface area (Å²) in [5.41, 5.74) is 0.860. The number of benzene rings is 2. The number of halogens is 1. The third-order valence-corrected chi connectivity index (χ3v) is 7.18. The SMILES string of the molecule is O=C(O)CCC/C=C\C[C@@H]1[C@@H](/C=C/[C@@H](O)COc2ccccc2)[C@H]2C[C@]1(c1ccc(F)cc1)CO2. The molecule has 4 rings (SSSR count). The van der Waals surface area contributed by atoms with Gasteiger partial charge >= 0.3 is 5.97 Å². The molecule has 1 saturated carbocycles. The van der Waals surface area contributed by atoms with Crippen molar-refractivity contribution in [2.45, 2.75) is 49.7 Å². The Labute approximate surface area is 205 Å². The van der Waals surface area contributed by atoms with Crippen LogP contribution in [0.3, 0.4) is 0 Å². The Kier molecular flexibility index (Phi) is 8.37. The normalized spacial score (nSPS) is 26.5. The molecule has 2 fully saturated rings. The Morgan fingerprint density at radius 3 is 2.69 bits per heavy atom. The molecule has 186 valence electrons. The first-order valence-corrected chi connectivity index (χ1v) is 12.3. The van der Waals surface area contributed by atoms with Crippen molar-refractivity contribution in [3.63, 3.8) is 0 Å². The molecule has 2 aliphatic rings. The Morgan fingerprint density at radius 1 is 1.17 bits per heavy atom. The second-order valence-corrected chi connectivity index (χ2v) is 9.47. The standard InChI is InChI=1S/C29H33FO5/c30-22-14-12-21(13-15-22)29-18-27(35-20-29)25(26(29)10-6-1-2-7-11-28(32)33)17-16-23(31)19-34-24-8-4-3-5-9-24/h1,3-6,8-9,12-17,23,25-27,31H,2,7,10-11,18-20H2,(H,32,33)/b6-1-,17-16+/t23-,25-,26-,27-,29-/m1/s1. The quantitative estimate of drug-likeness (QED) is 0.319. The second-order valence-electron chi connectivity index (χ2n) is 9.47. The zero-order valence-electron chi connectivity index (χ0n) is 19.8. The number of hydrogen-bond donors (Lipinski definition) is 2. The van der Waals surface area contributed by atoms with Crippen molar-refractivity contribution in [1.29, 1.82) is 0 Å². The average Bonchev–Trinajstić information content (AvgIpc) is 3.42. The molecule has 2 N–H and O–H groups in total. The van der Waals surface area contributed by atoms with Gasteiger partial charge in [0.15, 0.2) is 0 Å². The summed E-state index contributed by atoms with van der Waals surface area (Å²) in [4.78, 5) is 10.7. The predicted molar refractivity (Wildman–Crippen MR) is 132 cm³/mol. The molecule has 0 unspecified atom stereocenters. The lowest BCUT2D eigenvalue weighted by Gasteiger charge is -2.38. The van der Waals surface area contributed by atoms with Gasteiger partial charge in [-0.1, -0.05) is 54.6 Å². The van der Waals surface area contributed by atoms with Crippen molar-refractivity contribution in [3.8, 4) is 5.75 Å². The number of unbranched alkanes of at least 4 members (excludes halogenated alkanes) is 1. The number of rotatable bonds is 12. The van der Waals surface area contributed by atoms with Gasteiger partial charge in [0.2, 0.25) is 0 Å². The maximum atomic E-state index is 13.6. The van der Waals surface area contributed by atoms with Crippen molar-refractivity contribution in [1.82, 2.24) is 0 Å². The Hall–Kier alpha value is -2.96. The predicted octanol–water partition coefficient (Wildman–Crippen LogP) is 5.30. The Bertz CT molecular complexity index is 1020. The lowest BCUT2D eigenvalue weighted by Crippen LogP contribution is -2.39. The summed E-state index contributed by atoms with van der Waals surface area (Å²) in [5, 5.41) is 19.3. The van der Waals surface area contributed by atoms with Gasteiger partial charge in [-0.15, -0.1) is 0 Å². The fraction of sp³-hybridized carbons (Fsp3) is 0.414. The van der Waals surface area contributed by atoms with Crippen LogP contribution in [0.1, 0.15) is 37.7 Å². The molecular weight excluding hydrogens is 447 g/mol. The number of aliphatic carboxylic acids is 1. The smallest absolute Gasteiger partial charge is 0.303 e. The van der Waals surface area contributed by atoms with Gasteiger partial charge in [0.05, 0.1) is 12.7 Å². The largest absolute Gasteiger partial charge is 0.491 e. The highest BCUT2D eigenvalue weighted by molar-refractivity contribution is 5.66. The lowest BCUT2D eigenvalue weighted by molar-refractivity contribution is -0.137. The maximum absolute atomic E-state index is 13.6. The third kappa shape index (κ3) is 6.19. The molecule has 35 heavy (non-hydrogen) atoms. The van der Waals surface area contributed by atoms with E-state index in [0.29, 0.717) is 18.8 Å². The summed E-state index contributed by atoms with van der Waals surface area (Å²) in [5.74, 6) is -0.000421. The first-order chi connectivity index (χ1) is 17.0. The van der Waals surface area contributed by atoms with E-state index in [9.17, 15) is 14.3 Å². The fourth-order valence-electron chi connectivity index (χ4n) is 5.45. The van der Waals surface area contributed by atoms with Crippen LogP contribution in [0.25, 0.3) is 0 Å². The van der Waals surface area contributed by atoms with E-state index in [0.717, 1.165) is 24.8 Å². The van der Waals surface area contributed by atoms with Gasteiger partial charge in [0.1, 0.15) is 24.3 Å². The van der Waals surface area contributed by atoms with Crippen LogP contribution in [-0.4, -0.2) is 41.6 Å². The van der Waals surface area contributed by atoms with Crippen molar-refractivity contribution in [2.75, 3.05) is 13.2 Å². The summed E-state index contributed by atoms with van der Waals surface area (Å²) in [6.07, 6.45) is 10.5. The van der Waals surface area contributed by atoms with E-state index in [2.05, 4.69) is 18.2 Å². The van der Waals surface area contributed by atoms with Crippen molar-refractivity contribution < 1.29 is 28.9 Å². The van der Waals surface area contributed by atoms with E-state index in [1.165, 1.54) is 12.1 Å². The zero-order chi connectivity index (χ0) is 24.7. The van der Waals surface area contributed by atoms with Crippen molar-refractivity contribution in [3.05, 3.63) is 90.3 Å². The van der Waals surface area contributed by atoms with Crippen LogP contribution in [0, 0.1) is 17.7 Å². The number of carbonyl (C=O) groups is 1. The lowest BCUT2D eigenvalue weighted by atomic mass is 9.69. The van der Waals surface area contributed by atoms with Crippen LogP contribution >= 0.6 is 0 Å². The van der Waals surface area contributed by atoms with Crippen molar-refractivity contribution in [2.24, 2.45) is 11.8 Å². The number of allylic oxidation sites excluding steroid dienone is 2. The van der Waals surface area contributed by atoms with Crippen LogP contribution < -0.4 is 4.74 Å². The molecule has 0 amide bonds. The average molecular weight is 481 g/mol. The molecule has 2 bridgehead atoms. The van der Waals surface area contributed by atoms with E-state index < -0.39 is 12.1 Å². The molecule has 2 aromatic rings. The summed E-state index contributed by atoms with van der Waals surface area (Å²) in [6, 6.07) is 16.1. The highest BCUT2D eigenvalue weighted by Gasteiger charge is 2.58. The van der Waals surface area contributed by atoms with Gasteiger partial charge in [0.25, 0.3) is 0 Å². The third-order valence-electron chi connectivity index (χ3n) is 7.18. The number of carboxylic acids is 1. The molecule has 0 aromatic heterocycles. The molecule has 2 aromatic carbocycles. The number of para-hydroxylation sites is 1. The second kappa shape index (κ2) is 11.6. The molecule has 5 atom stereocenters. The van der Waals surface area contributed by atoms with Crippen LogP contribution in [0.2, 0.25) is 0 Å². The van der Waals surface area contributed by atoms with Gasteiger partial charge in [0, 0.05) is 17.8 Å². The molecule has 1 aliphatic carbocycles. The minimum atomic E-state index is -0.779. The molecule has 6 heteroatoms. The van der Waals surface area contributed by atoms with Gasteiger partial charge in [-0.3, -0.25) is 4.79 Å². The number of aliphatic hydroxyl groups excluding tert-OH is 1. The van der Waals surface area contributed by atoms with Gasteiger partial charge in [-0.05, 0) is 61.4 Å². The highest BCUT2D eigenvalue weighted by Crippen LogP contribution is 2.57. The van der Waals surface area contributed by atoms with Crippen molar-refractivity contribution >= 4 is 5.97 Å². The molecule has 0 spiro atoms. The van der Waals surface area contributed by atoms with E-state index in [1.807, 2.05) is 42.5 Å². The van der Waals surface area contributed by atoms with E-state index in [-0.39, 0.29) is 42.2 Å². The Balaban J connectivity index is 1.46. The number of hydrogen-bond acceptors (Lipinski definition) is 4. The summed E-state index contributed by atoms with van der Waals surface area (Å²) >= 11 is 0.